The van der Waals surface area contributed by atoms with Crippen molar-refractivity contribution in [3.8, 4) is 11.3 Å². The van der Waals surface area contributed by atoms with Crippen molar-refractivity contribution >= 4 is 0 Å². The van der Waals surface area contributed by atoms with Gasteiger partial charge in [-0.2, -0.15) is 0 Å². The predicted octanol–water partition coefficient (Wildman–Crippen LogP) is 2.86. The first-order chi connectivity index (χ1) is 10.1. The Balaban J connectivity index is 2.02. The number of nitrogens with one attached hydrogen (secondary N) is 1. The Labute approximate surface area is 125 Å². The smallest absolute Gasteiger partial charge is 0.134 e. The van der Waals surface area contributed by atoms with Gasteiger partial charge in [-0.05, 0) is 31.0 Å². The fourth-order valence-electron chi connectivity index (χ4n) is 2.14. The van der Waals surface area contributed by atoms with E-state index in [4.69, 9.17) is 9.52 Å². The minimum atomic E-state index is -0.458. The molecule has 0 bridgehead atoms. The molecule has 1 aromatic heterocycles. The first-order valence-electron chi connectivity index (χ1n) is 7.35. The highest BCUT2D eigenvalue weighted by atomic mass is 16.3. The Morgan fingerprint density at radius 1 is 1.14 bits per heavy atom. The summed E-state index contributed by atoms with van der Waals surface area (Å²) in [6.07, 6.45) is 0.421. The van der Waals surface area contributed by atoms with Gasteiger partial charge in [-0.15, -0.1) is 0 Å². The maximum Gasteiger partial charge on any atom is 0.134 e. The molecule has 4 heteroatoms. The second-order valence-corrected chi connectivity index (χ2v) is 5.23. The van der Waals surface area contributed by atoms with E-state index in [-0.39, 0.29) is 12.6 Å². The Morgan fingerprint density at radius 2 is 1.86 bits per heavy atom. The van der Waals surface area contributed by atoms with Crippen molar-refractivity contribution in [1.29, 1.82) is 0 Å². The number of aliphatic hydroxyl groups excluding tert-OH is 2. The van der Waals surface area contributed by atoms with E-state index < -0.39 is 6.10 Å². The zero-order valence-corrected chi connectivity index (χ0v) is 12.5. The van der Waals surface area contributed by atoms with E-state index in [1.807, 2.05) is 43.3 Å². The Hall–Kier alpha value is -1.62. The first kappa shape index (κ1) is 15.8. The van der Waals surface area contributed by atoms with E-state index in [0.717, 1.165) is 29.1 Å². The van der Waals surface area contributed by atoms with Crippen LogP contribution in [0.25, 0.3) is 11.3 Å². The summed E-state index contributed by atoms with van der Waals surface area (Å²) in [5.41, 5.74) is 1.88. The molecular formula is C17H23NO3. The zero-order chi connectivity index (χ0) is 15.2. The number of aliphatic hydroxyl groups is 2. The van der Waals surface area contributed by atoms with Crippen molar-refractivity contribution in [2.24, 2.45) is 0 Å². The summed E-state index contributed by atoms with van der Waals surface area (Å²) < 4.78 is 5.80. The molecule has 0 unspecified atom stereocenters. The molecule has 2 atom stereocenters. The molecule has 1 heterocycles. The quantitative estimate of drug-likeness (QED) is 0.733. The Morgan fingerprint density at radius 3 is 2.43 bits per heavy atom. The lowest BCUT2D eigenvalue weighted by molar-refractivity contribution is 0.199. The number of hydrogen-bond acceptors (Lipinski definition) is 4. The highest BCUT2D eigenvalue weighted by molar-refractivity contribution is 5.58. The van der Waals surface area contributed by atoms with Gasteiger partial charge in [0.25, 0.3) is 0 Å². The third kappa shape index (κ3) is 4.17. The molecule has 21 heavy (non-hydrogen) atoms. The van der Waals surface area contributed by atoms with Gasteiger partial charge < -0.3 is 19.9 Å². The van der Waals surface area contributed by atoms with Crippen molar-refractivity contribution in [1.82, 2.24) is 5.32 Å². The van der Waals surface area contributed by atoms with Gasteiger partial charge in [-0.25, -0.2) is 0 Å². The Kier molecular flexibility index (Phi) is 5.56. The van der Waals surface area contributed by atoms with Gasteiger partial charge in [0.15, 0.2) is 0 Å². The van der Waals surface area contributed by atoms with Crippen molar-refractivity contribution in [2.45, 2.75) is 39.0 Å². The standard InChI is InChI=1S/C17H23NO3/c1-3-15(11-19)18-10-16-8-9-17(21-16)14-6-4-13(5-7-14)12(2)20/h4-9,12,15,18-20H,3,10-11H2,1-2H3/t12-,15-/m1/s1. The van der Waals surface area contributed by atoms with Crippen LogP contribution in [0.4, 0.5) is 0 Å². The molecular weight excluding hydrogens is 266 g/mol. The van der Waals surface area contributed by atoms with Crippen LogP contribution in [0.15, 0.2) is 40.8 Å². The van der Waals surface area contributed by atoms with Gasteiger partial charge in [0.1, 0.15) is 11.5 Å². The van der Waals surface area contributed by atoms with Gasteiger partial charge in [-0.1, -0.05) is 31.2 Å². The third-order valence-corrected chi connectivity index (χ3v) is 3.62. The summed E-state index contributed by atoms with van der Waals surface area (Å²) in [6, 6.07) is 11.7. The largest absolute Gasteiger partial charge is 0.460 e. The lowest BCUT2D eigenvalue weighted by Gasteiger charge is -2.12. The molecule has 0 aliphatic carbocycles. The minimum absolute atomic E-state index is 0.101. The van der Waals surface area contributed by atoms with E-state index in [9.17, 15) is 5.11 Å². The lowest BCUT2D eigenvalue weighted by atomic mass is 10.1. The van der Waals surface area contributed by atoms with Crippen LogP contribution >= 0.6 is 0 Å². The normalized spacial score (nSPS) is 14.1. The zero-order valence-electron chi connectivity index (χ0n) is 12.5. The summed E-state index contributed by atoms with van der Waals surface area (Å²) in [7, 11) is 0. The molecule has 0 saturated heterocycles. The molecule has 1 aromatic carbocycles. The molecule has 0 saturated carbocycles. The Bertz CT molecular complexity index is 541. The number of furan rings is 1. The van der Waals surface area contributed by atoms with Crippen LogP contribution in [-0.2, 0) is 6.54 Å². The molecule has 0 spiro atoms. The van der Waals surface area contributed by atoms with Crippen LogP contribution in [-0.4, -0.2) is 22.9 Å². The summed E-state index contributed by atoms with van der Waals surface area (Å²) in [6.45, 7) is 4.51. The topological polar surface area (TPSA) is 65.6 Å². The van der Waals surface area contributed by atoms with Crippen molar-refractivity contribution in [2.75, 3.05) is 6.61 Å². The van der Waals surface area contributed by atoms with E-state index in [1.54, 1.807) is 6.92 Å². The van der Waals surface area contributed by atoms with E-state index >= 15 is 0 Å². The molecule has 2 rings (SSSR count). The van der Waals surface area contributed by atoms with Crippen molar-refractivity contribution < 1.29 is 14.6 Å². The van der Waals surface area contributed by atoms with Crippen molar-refractivity contribution in [3.63, 3.8) is 0 Å². The highest BCUT2D eigenvalue weighted by Gasteiger charge is 2.08. The van der Waals surface area contributed by atoms with Crippen molar-refractivity contribution in [3.05, 3.63) is 47.7 Å². The molecule has 0 fully saturated rings. The van der Waals surface area contributed by atoms with Crippen LogP contribution in [0, 0.1) is 0 Å². The lowest BCUT2D eigenvalue weighted by Crippen LogP contribution is -2.30. The summed E-state index contributed by atoms with van der Waals surface area (Å²) >= 11 is 0. The van der Waals surface area contributed by atoms with Crippen LogP contribution < -0.4 is 5.32 Å². The van der Waals surface area contributed by atoms with Gasteiger partial charge in [-0.3, -0.25) is 0 Å². The van der Waals surface area contributed by atoms with Gasteiger partial charge in [0.05, 0.1) is 19.3 Å². The second-order valence-electron chi connectivity index (χ2n) is 5.23. The van der Waals surface area contributed by atoms with E-state index in [1.165, 1.54) is 0 Å². The minimum Gasteiger partial charge on any atom is -0.460 e. The highest BCUT2D eigenvalue weighted by Crippen LogP contribution is 2.24. The average Bonchev–Trinajstić information content (AvgIpc) is 2.97. The fourth-order valence-corrected chi connectivity index (χ4v) is 2.14. The predicted molar refractivity (Wildman–Crippen MR) is 82.8 cm³/mol. The SMILES string of the molecule is CC[C@H](CO)NCc1ccc(-c2ccc([C@@H](C)O)cc2)o1. The van der Waals surface area contributed by atoms with Crippen LogP contribution in [0.5, 0.6) is 0 Å². The molecule has 0 amide bonds. The molecule has 0 aliphatic rings. The fraction of sp³-hybridized carbons (Fsp3) is 0.412. The third-order valence-electron chi connectivity index (χ3n) is 3.62. The summed E-state index contributed by atoms with van der Waals surface area (Å²) in [5.74, 6) is 1.65. The molecule has 3 N–H and O–H groups in total. The molecule has 0 radical (unpaired) electrons. The van der Waals surface area contributed by atoms with Gasteiger partial charge in [0.2, 0.25) is 0 Å². The summed E-state index contributed by atoms with van der Waals surface area (Å²) in [5, 5.41) is 21.9. The van der Waals surface area contributed by atoms with Crippen LogP contribution in [0.1, 0.15) is 37.7 Å². The molecule has 114 valence electrons. The van der Waals surface area contributed by atoms with E-state index in [2.05, 4.69) is 5.32 Å². The molecule has 0 aliphatic heterocycles. The number of hydrogen-bond donors (Lipinski definition) is 3. The maximum absolute atomic E-state index is 9.51. The van der Waals surface area contributed by atoms with Gasteiger partial charge >= 0.3 is 0 Å². The van der Waals surface area contributed by atoms with Crippen LogP contribution in [0.2, 0.25) is 0 Å². The summed E-state index contributed by atoms with van der Waals surface area (Å²) in [4.78, 5) is 0. The monoisotopic (exact) mass is 289 g/mol. The van der Waals surface area contributed by atoms with Crippen LogP contribution in [0.3, 0.4) is 0 Å². The first-order valence-corrected chi connectivity index (χ1v) is 7.35. The maximum atomic E-state index is 9.51. The molecule has 2 aromatic rings. The van der Waals surface area contributed by atoms with Gasteiger partial charge in [0, 0.05) is 11.6 Å². The van der Waals surface area contributed by atoms with E-state index in [0.29, 0.717) is 6.54 Å². The number of benzene rings is 1. The number of rotatable bonds is 7. The molecule has 4 nitrogen and oxygen atoms in total. The second kappa shape index (κ2) is 7.41. The average molecular weight is 289 g/mol.